The normalized spacial score (nSPS) is 24.9. The van der Waals surface area contributed by atoms with E-state index >= 15 is 0 Å². The molecule has 3 N–H and O–H groups in total. The molecule has 0 aromatic heterocycles. The molecule has 0 radical (unpaired) electrons. The molecule has 0 aromatic carbocycles. The van der Waals surface area contributed by atoms with E-state index < -0.39 is 28.3 Å². The lowest BCUT2D eigenvalue weighted by atomic mass is 10.1. The fraction of sp³-hybridized carbons (Fsp3) is 0.909. The second kappa shape index (κ2) is 6.65. The summed E-state index contributed by atoms with van der Waals surface area (Å²) in [6, 6.07) is -1.45. The second-order valence-electron chi connectivity index (χ2n) is 5.03. The molecule has 3 unspecified atom stereocenters. The van der Waals surface area contributed by atoms with Crippen molar-refractivity contribution >= 4 is 16.2 Å². The van der Waals surface area contributed by atoms with Crippen molar-refractivity contribution in [3.05, 3.63) is 0 Å². The van der Waals surface area contributed by atoms with Crippen LogP contribution in [0.1, 0.15) is 33.1 Å². The number of piperidine rings is 1. The molecule has 3 atom stereocenters. The molecule has 1 heterocycles. The van der Waals surface area contributed by atoms with E-state index in [0.717, 1.165) is 4.31 Å². The number of hydrogen-bond acceptors (Lipinski definition) is 4. The number of nitrogens with zero attached hydrogens (tertiary/aromatic N) is 1. The third kappa shape index (κ3) is 4.13. The Bertz CT molecular complexity index is 411. The Hall–Kier alpha value is -0.700. The predicted molar refractivity (Wildman–Crippen MR) is 69.7 cm³/mol. The van der Waals surface area contributed by atoms with Crippen molar-refractivity contribution in [3.8, 4) is 0 Å². The highest BCUT2D eigenvalue weighted by Gasteiger charge is 2.37. The lowest BCUT2D eigenvalue weighted by Crippen LogP contribution is -2.54. The highest BCUT2D eigenvalue weighted by atomic mass is 32.2. The molecule has 19 heavy (non-hydrogen) atoms. The number of nitrogens with one attached hydrogen (secondary N) is 1. The first-order chi connectivity index (χ1) is 8.79. The Labute approximate surface area is 113 Å². The minimum atomic E-state index is -3.84. The first kappa shape index (κ1) is 16.4. The van der Waals surface area contributed by atoms with Crippen LogP contribution in [-0.2, 0) is 15.0 Å². The first-order valence-corrected chi connectivity index (χ1v) is 7.86. The number of aliphatic carboxylic acids is 1. The van der Waals surface area contributed by atoms with Crippen LogP contribution in [-0.4, -0.2) is 54.1 Å². The van der Waals surface area contributed by atoms with E-state index in [0.29, 0.717) is 19.3 Å². The molecule has 1 saturated heterocycles. The van der Waals surface area contributed by atoms with Gasteiger partial charge in [0.25, 0.3) is 10.2 Å². The maximum Gasteiger partial charge on any atom is 0.322 e. The van der Waals surface area contributed by atoms with Crippen molar-refractivity contribution in [3.63, 3.8) is 0 Å². The topological polar surface area (TPSA) is 107 Å². The third-order valence-electron chi connectivity index (χ3n) is 3.52. The van der Waals surface area contributed by atoms with Gasteiger partial charge in [-0.15, -0.1) is 0 Å². The molecule has 0 bridgehead atoms. The SMILES string of the molecule is CC(CO)C(C)NS(=O)(=O)N1CCCCC1C(=O)O. The highest BCUT2D eigenvalue weighted by molar-refractivity contribution is 7.87. The molecule has 7 nitrogen and oxygen atoms in total. The minimum Gasteiger partial charge on any atom is -0.480 e. The molecule has 1 aliphatic rings. The zero-order valence-electron chi connectivity index (χ0n) is 11.2. The molecular formula is C11H22N2O5S. The molecule has 0 saturated carbocycles. The van der Waals surface area contributed by atoms with Crippen LogP contribution in [0, 0.1) is 5.92 Å². The van der Waals surface area contributed by atoms with Gasteiger partial charge < -0.3 is 10.2 Å². The maximum absolute atomic E-state index is 12.2. The van der Waals surface area contributed by atoms with Crippen molar-refractivity contribution in [1.29, 1.82) is 0 Å². The lowest BCUT2D eigenvalue weighted by molar-refractivity contribution is -0.142. The van der Waals surface area contributed by atoms with Gasteiger partial charge in [-0.1, -0.05) is 6.92 Å². The van der Waals surface area contributed by atoms with E-state index in [1.807, 2.05) is 0 Å². The van der Waals surface area contributed by atoms with Crippen LogP contribution in [0.2, 0.25) is 0 Å². The fourth-order valence-electron chi connectivity index (χ4n) is 2.02. The van der Waals surface area contributed by atoms with Crippen LogP contribution in [0.4, 0.5) is 0 Å². The van der Waals surface area contributed by atoms with Gasteiger partial charge in [-0.05, 0) is 32.1 Å². The molecule has 1 aliphatic heterocycles. The van der Waals surface area contributed by atoms with Crippen molar-refractivity contribution in [1.82, 2.24) is 9.03 Å². The van der Waals surface area contributed by atoms with E-state index in [-0.39, 0.29) is 19.1 Å². The van der Waals surface area contributed by atoms with E-state index in [1.54, 1.807) is 13.8 Å². The Morgan fingerprint density at radius 2 is 2.05 bits per heavy atom. The molecule has 0 spiro atoms. The molecule has 0 aromatic rings. The van der Waals surface area contributed by atoms with Crippen molar-refractivity contribution in [2.24, 2.45) is 5.92 Å². The van der Waals surface area contributed by atoms with Crippen LogP contribution in [0.15, 0.2) is 0 Å². The number of aliphatic hydroxyl groups is 1. The van der Waals surface area contributed by atoms with Crippen LogP contribution < -0.4 is 4.72 Å². The summed E-state index contributed by atoms with van der Waals surface area (Å²) < 4.78 is 27.9. The highest BCUT2D eigenvalue weighted by Crippen LogP contribution is 2.20. The molecule has 1 fully saturated rings. The lowest BCUT2D eigenvalue weighted by Gasteiger charge is -2.33. The van der Waals surface area contributed by atoms with Crippen molar-refractivity contribution in [2.75, 3.05) is 13.2 Å². The number of aliphatic hydroxyl groups excluding tert-OH is 1. The van der Waals surface area contributed by atoms with Gasteiger partial charge >= 0.3 is 5.97 Å². The number of carboxylic acid groups (broad SMARTS) is 1. The fourth-order valence-corrected chi connectivity index (χ4v) is 3.75. The number of hydrogen-bond donors (Lipinski definition) is 3. The van der Waals surface area contributed by atoms with Crippen molar-refractivity contribution < 1.29 is 23.4 Å². The minimum absolute atomic E-state index is 0.133. The summed E-state index contributed by atoms with van der Waals surface area (Å²) in [6.45, 7) is 3.45. The quantitative estimate of drug-likeness (QED) is 0.627. The van der Waals surface area contributed by atoms with Crippen LogP contribution in [0.5, 0.6) is 0 Å². The van der Waals surface area contributed by atoms with Crippen LogP contribution in [0.3, 0.4) is 0 Å². The van der Waals surface area contributed by atoms with Gasteiger partial charge in [0, 0.05) is 19.2 Å². The zero-order chi connectivity index (χ0) is 14.6. The van der Waals surface area contributed by atoms with Gasteiger partial charge in [0.1, 0.15) is 6.04 Å². The third-order valence-corrected chi connectivity index (χ3v) is 5.25. The number of carbonyl (C=O) groups is 1. The van der Waals surface area contributed by atoms with Gasteiger partial charge in [0.2, 0.25) is 0 Å². The van der Waals surface area contributed by atoms with E-state index in [1.165, 1.54) is 0 Å². The monoisotopic (exact) mass is 294 g/mol. The molecule has 1 rings (SSSR count). The van der Waals surface area contributed by atoms with E-state index in [4.69, 9.17) is 10.2 Å². The second-order valence-corrected chi connectivity index (χ2v) is 6.69. The molecule has 112 valence electrons. The smallest absolute Gasteiger partial charge is 0.322 e. The van der Waals surface area contributed by atoms with Gasteiger partial charge in [0.15, 0.2) is 0 Å². The Balaban J connectivity index is 2.82. The Kier molecular flexibility index (Phi) is 5.72. The summed E-state index contributed by atoms with van der Waals surface area (Å²) in [6.07, 6.45) is 1.71. The number of carboxylic acids is 1. The molecule has 0 amide bonds. The molecule has 0 aliphatic carbocycles. The summed E-state index contributed by atoms with van der Waals surface area (Å²) in [7, 11) is -3.84. The first-order valence-electron chi connectivity index (χ1n) is 6.42. The predicted octanol–water partition coefficient (Wildman–Crippen LogP) is -0.223. The summed E-state index contributed by atoms with van der Waals surface area (Å²) in [4.78, 5) is 11.1. The summed E-state index contributed by atoms with van der Waals surface area (Å²) in [5, 5.41) is 18.1. The van der Waals surface area contributed by atoms with Gasteiger partial charge in [0.05, 0.1) is 0 Å². The van der Waals surface area contributed by atoms with Gasteiger partial charge in [-0.25, -0.2) is 0 Å². The summed E-state index contributed by atoms with van der Waals surface area (Å²) in [5.41, 5.74) is 0. The standard InChI is InChI=1S/C11H22N2O5S/c1-8(7-14)9(2)12-19(17,18)13-6-4-3-5-10(13)11(15)16/h8-10,12,14H,3-7H2,1-2H3,(H,15,16). The van der Waals surface area contributed by atoms with E-state index in [9.17, 15) is 13.2 Å². The van der Waals surface area contributed by atoms with Crippen molar-refractivity contribution in [2.45, 2.75) is 45.2 Å². The average Bonchev–Trinajstić information content (AvgIpc) is 2.37. The molecule has 8 heteroatoms. The Morgan fingerprint density at radius 3 is 2.58 bits per heavy atom. The van der Waals surface area contributed by atoms with Crippen LogP contribution >= 0.6 is 0 Å². The largest absolute Gasteiger partial charge is 0.480 e. The average molecular weight is 294 g/mol. The van der Waals surface area contributed by atoms with Gasteiger partial charge in [-0.2, -0.15) is 17.4 Å². The van der Waals surface area contributed by atoms with E-state index in [2.05, 4.69) is 4.72 Å². The maximum atomic E-state index is 12.2. The zero-order valence-corrected chi connectivity index (χ0v) is 12.1. The van der Waals surface area contributed by atoms with Crippen LogP contribution in [0.25, 0.3) is 0 Å². The summed E-state index contributed by atoms with van der Waals surface area (Å²) in [5.74, 6) is -1.35. The van der Waals surface area contributed by atoms with Gasteiger partial charge in [-0.3, -0.25) is 4.79 Å². The summed E-state index contributed by atoms with van der Waals surface area (Å²) >= 11 is 0. The number of rotatable bonds is 6. The molecular weight excluding hydrogens is 272 g/mol. The Morgan fingerprint density at radius 1 is 1.42 bits per heavy atom.